The molecule has 0 fully saturated rings. The molecule has 0 amide bonds. The summed E-state index contributed by atoms with van der Waals surface area (Å²) in [5.74, 6) is 2.43. The zero-order valence-electron chi connectivity index (χ0n) is 7.70. The van der Waals surface area contributed by atoms with E-state index in [0.29, 0.717) is 0 Å². The lowest BCUT2D eigenvalue weighted by molar-refractivity contribution is 1.18. The average Bonchev–Trinajstić information content (AvgIpc) is 2.28. The van der Waals surface area contributed by atoms with Crippen molar-refractivity contribution in [1.82, 2.24) is 0 Å². The fourth-order valence-corrected chi connectivity index (χ4v) is 2.51. The molecule has 0 atom stereocenters. The van der Waals surface area contributed by atoms with Crippen LogP contribution in [0.1, 0.15) is 17.5 Å². The van der Waals surface area contributed by atoms with E-state index in [1.165, 1.54) is 29.1 Å². The van der Waals surface area contributed by atoms with Crippen molar-refractivity contribution < 1.29 is 0 Å². The Hall–Kier alpha value is -0.690. The second kappa shape index (κ2) is 4.52. The molecule has 0 bridgehead atoms. The van der Waals surface area contributed by atoms with Gasteiger partial charge in [0.1, 0.15) is 0 Å². The standard InChI is InChI=1S/C12H14S/c1-2-6-11-7-3-4-8-12(11)10-13-9-5-1/h1-4,7-8H,5-6,9-10H2/b2-1+. The Labute approximate surface area is 84.0 Å². The lowest BCUT2D eigenvalue weighted by Crippen LogP contribution is -1.89. The van der Waals surface area contributed by atoms with Gasteiger partial charge in [-0.3, -0.25) is 0 Å². The van der Waals surface area contributed by atoms with Gasteiger partial charge < -0.3 is 0 Å². The summed E-state index contributed by atoms with van der Waals surface area (Å²) in [5.41, 5.74) is 3.01. The van der Waals surface area contributed by atoms with E-state index in [-0.39, 0.29) is 0 Å². The molecule has 0 N–H and O–H groups in total. The number of benzene rings is 1. The Kier molecular flexibility index (Phi) is 3.09. The highest BCUT2D eigenvalue weighted by atomic mass is 32.2. The van der Waals surface area contributed by atoms with Crippen molar-refractivity contribution >= 4 is 11.8 Å². The van der Waals surface area contributed by atoms with Gasteiger partial charge in [0.15, 0.2) is 0 Å². The van der Waals surface area contributed by atoms with Crippen molar-refractivity contribution in [2.45, 2.75) is 18.6 Å². The van der Waals surface area contributed by atoms with Crippen LogP contribution in [0.5, 0.6) is 0 Å². The molecular formula is C12H14S. The molecule has 13 heavy (non-hydrogen) atoms. The van der Waals surface area contributed by atoms with Gasteiger partial charge in [-0.25, -0.2) is 0 Å². The normalized spacial score (nSPS) is 19.4. The first-order valence-electron chi connectivity index (χ1n) is 4.76. The van der Waals surface area contributed by atoms with E-state index >= 15 is 0 Å². The van der Waals surface area contributed by atoms with Crippen LogP contribution in [0.4, 0.5) is 0 Å². The van der Waals surface area contributed by atoms with Gasteiger partial charge in [-0.05, 0) is 29.7 Å². The van der Waals surface area contributed by atoms with Gasteiger partial charge >= 0.3 is 0 Å². The summed E-state index contributed by atoms with van der Waals surface area (Å²) in [6.45, 7) is 0. The molecular weight excluding hydrogens is 176 g/mol. The van der Waals surface area contributed by atoms with Crippen LogP contribution in [0.25, 0.3) is 0 Å². The van der Waals surface area contributed by atoms with Crippen LogP contribution in [0.15, 0.2) is 36.4 Å². The van der Waals surface area contributed by atoms with Crippen molar-refractivity contribution in [3.05, 3.63) is 47.5 Å². The Morgan fingerprint density at radius 3 is 2.77 bits per heavy atom. The molecule has 0 unspecified atom stereocenters. The lowest BCUT2D eigenvalue weighted by atomic mass is 10.1. The minimum atomic E-state index is 1.11. The van der Waals surface area contributed by atoms with Crippen molar-refractivity contribution in [1.29, 1.82) is 0 Å². The molecule has 1 aliphatic heterocycles. The maximum atomic E-state index is 2.30. The minimum Gasteiger partial charge on any atom is -0.157 e. The quantitative estimate of drug-likeness (QED) is 0.565. The molecule has 0 aliphatic carbocycles. The Balaban J connectivity index is 2.25. The van der Waals surface area contributed by atoms with Crippen molar-refractivity contribution in [2.75, 3.05) is 5.75 Å². The summed E-state index contributed by atoms with van der Waals surface area (Å²) in [6, 6.07) is 8.77. The number of allylic oxidation sites excluding steroid dienone is 2. The fourth-order valence-electron chi connectivity index (χ4n) is 1.56. The highest BCUT2D eigenvalue weighted by Crippen LogP contribution is 2.19. The summed E-state index contributed by atoms with van der Waals surface area (Å²) in [6.07, 6.45) is 6.93. The zero-order chi connectivity index (χ0) is 8.93. The van der Waals surface area contributed by atoms with Crippen molar-refractivity contribution in [2.24, 2.45) is 0 Å². The largest absolute Gasteiger partial charge is 0.157 e. The third-order valence-corrected chi connectivity index (χ3v) is 3.35. The second-order valence-electron chi connectivity index (χ2n) is 3.29. The maximum Gasteiger partial charge on any atom is 0.0187 e. The van der Waals surface area contributed by atoms with Crippen LogP contribution in [0.2, 0.25) is 0 Å². The van der Waals surface area contributed by atoms with Crippen LogP contribution in [0.3, 0.4) is 0 Å². The third-order valence-electron chi connectivity index (χ3n) is 2.31. The Bertz CT molecular complexity index is 302. The zero-order valence-corrected chi connectivity index (χ0v) is 8.52. The molecule has 0 saturated carbocycles. The maximum absolute atomic E-state index is 2.30. The number of hydrogen-bond acceptors (Lipinski definition) is 1. The lowest BCUT2D eigenvalue weighted by Gasteiger charge is -2.05. The summed E-state index contributed by atoms with van der Waals surface area (Å²) in [5, 5.41) is 0. The molecule has 1 heteroatoms. The van der Waals surface area contributed by atoms with Crippen LogP contribution in [-0.4, -0.2) is 5.75 Å². The molecule has 0 aromatic heterocycles. The Morgan fingerprint density at radius 1 is 1.00 bits per heavy atom. The van der Waals surface area contributed by atoms with Gasteiger partial charge in [0, 0.05) is 5.75 Å². The van der Waals surface area contributed by atoms with E-state index in [2.05, 4.69) is 36.4 Å². The number of hydrogen-bond donors (Lipinski definition) is 0. The number of rotatable bonds is 0. The van der Waals surface area contributed by atoms with Crippen LogP contribution >= 0.6 is 11.8 Å². The minimum absolute atomic E-state index is 1.11. The van der Waals surface area contributed by atoms with E-state index in [0.717, 1.165) is 6.42 Å². The summed E-state index contributed by atoms with van der Waals surface area (Å²) in [4.78, 5) is 0. The summed E-state index contributed by atoms with van der Waals surface area (Å²) >= 11 is 2.03. The molecule has 0 spiro atoms. The highest BCUT2D eigenvalue weighted by molar-refractivity contribution is 7.98. The predicted molar refractivity (Wildman–Crippen MR) is 60.1 cm³/mol. The van der Waals surface area contributed by atoms with Gasteiger partial charge in [-0.1, -0.05) is 36.4 Å². The average molecular weight is 190 g/mol. The molecule has 1 aliphatic rings. The molecule has 1 aromatic rings. The van der Waals surface area contributed by atoms with E-state index in [4.69, 9.17) is 0 Å². The first-order valence-corrected chi connectivity index (χ1v) is 5.92. The molecule has 0 nitrogen and oxygen atoms in total. The highest BCUT2D eigenvalue weighted by Gasteiger charge is 2.01. The van der Waals surface area contributed by atoms with E-state index < -0.39 is 0 Å². The molecule has 0 saturated heterocycles. The van der Waals surface area contributed by atoms with Crippen molar-refractivity contribution in [3.8, 4) is 0 Å². The van der Waals surface area contributed by atoms with Gasteiger partial charge in [0.05, 0.1) is 0 Å². The molecule has 1 aromatic carbocycles. The summed E-state index contributed by atoms with van der Waals surface area (Å²) in [7, 11) is 0. The van der Waals surface area contributed by atoms with Gasteiger partial charge in [0.2, 0.25) is 0 Å². The van der Waals surface area contributed by atoms with Crippen LogP contribution in [-0.2, 0) is 12.2 Å². The Morgan fingerprint density at radius 2 is 1.85 bits per heavy atom. The first kappa shape index (κ1) is 8.89. The molecule has 68 valence electrons. The SMILES string of the molecule is C1=C/Cc2ccccc2CSCC/1. The predicted octanol–water partition coefficient (Wildman–Crippen LogP) is 3.42. The molecule has 2 rings (SSSR count). The second-order valence-corrected chi connectivity index (χ2v) is 4.39. The topological polar surface area (TPSA) is 0 Å². The summed E-state index contributed by atoms with van der Waals surface area (Å²) < 4.78 is 0. The van der Waals surface area contributed by atoms with Gasteiger partial charge in [-0.2, -0.15) is 11.8 Å². The van der Waals surface area contributed by atoms with Crippen LogP contribution < -0.4 is 0 Å². The van der Waals surface area contributed by atoms with Gasteiger partial charge in [-0.15, -0.1) is 0 Å². The first-order chi connectivity index (χ1) is 6.47. The smallest absolute Gasteiger partial charge is 0.0187 e. The van der Waals surface area contributed by atoms with E-state index in [1.54, 1.807) is 0 Å². The number of fused-ring (bicyclic) bond motifs is 1. The fraction of sp³-hybridized carbons (Fsp3) is 0.333. The molecule has 1 heterocycles. The number of thioether (sulfide) groups is 1. The molecule has 0 radical (unpaired) electrons. The van der Waals surface area contributed by atoms with Crippen molar-refractivity contribution in [3.63, 3.8) is 0 Å². The van der Waals surface area contributed by atoms with E-state index in [9.17, 15) is 0 Å². The van der Waals surface area contributed by atoms with Gasteiger partial charge in [0.25, 0.3) is 0 Å². The monoisotopic (exact) mass is 190 g/mol. The van der Waals surface area contributed by atoms with Crippen LogP contribution in [0, 0.1) is 0 Å². The third kappa shape index (κ3) is 2.38. The van der Waals surface area contributed by atoms with E-state index in [1.807, 2.05) is 11.8 Å².